The Morgan fingerprint density at radius 3 is 2.56 bits per heavy atom. The first-order valence-electron chi connectivity index (χ1n) is 9.37. The van der Waals surface area contributed by atoms with Crippen LogP contribution in [0.4, 0.5) is 14.9 Å². The highest BCUT2D eigenvalue weighted by molar-refractivity contribution is 5.91. The summed E-state index contributed by atoms with van der Waals surface area (Å²) in [5.74, 6) is 0.178. The van der Waals surface area contributed by atoms with Crippen molar-refractivity contribution in [2.45, 2.75) is 25.4 Å². The molecule has 7 nitrogen and oxygen atoms in total. The number of nitrogens with zero attached hydrogens (tertiary/aromatic N) is 2. The Labute approximate surface area is 158 Å². The van der Waals surface area contributed by atoms with E-state index in [0.717, 1.165) is 0 Å². The van der Waals surface area contributed by atoms with Crippen LogP contribution in [0.25, 0.3) is 0 Å². The van der Waals surface area contributed by atoms with Gasteiger partial charge < -0.3 is 24.6 Å². The molecule has 2 aliphatic heterocycles. The normalized spacial score (nSPS) is 23.0. The minimum absolute atomic E-state index is 0.135. The molecule has 3 amide bonds. The lowest BCUT2D eigenvalue weighted by Gasteiger charge is -2.39. The Morgan fingerprint density at radius 1 is 1.19 bits per heavy atom. The van der Waals surface area contributed by atoms with Crippen molar-refractivity contribution in [3.63, 3.8) is 0 Å². The minimum Gasteiger partial charge on any atom is -0.494 e. The lowest BCUT2D eigenvalue weighted by Crippen LogP contribution is -2.58. The number of hydrogen-bond acceptors (Lipinski definition) is 4. The van der Waals surface area contributed by atoms with Crippen LogP contribution in [-0.4, -0.2) is 73.4 Å². The topological polar surface area (TPSA) is 71.1 Å². The molecule has 0 aliphatic carbocycles. The molecular weight excluding hydrogens is 353 g/mol. The summed E-state index contributed by atoms with van der Waals surface area (Å²) in [5.41, 5.74) is -1.44. The van der Waals surface area contributed by atoms with E-state index >= 15 is 4.39 Å². The van der Waals surface area contributed by atoms with E-state index in [9.17, 15) is 9.59 Å². The summed E-state index contributed by atoms with van der Waals surface area (Å²) in [7, 11) is 0. The maximum atomic E-state index is 15.4. The van der Waals surface area contributed by atoms with Gasteiger partial charge in [0, 0.05) is 25.3 Å². The van der Waals surface area contributed by atoms with Gasteiger partial charge in [0.05, 0.1) is 26.4 Å². The fraction of sp³-hybridized carbons (Fsp3) is 0.579. The summed E-state index contributed by atoms with van der Waals surface area (Å²) in [5, 5.41) is 2.76. The lowest BCUT2D eigenvalue weighted by molar-refractivity contribution is -0.151. The van der Waals surface area contributed by atoms with Crippen molar-refractivity contribution in [1.82, 2.24) is 9.80 Å². The fourth-order valence-electron chi connectivity index (χ4n) is 3.41. The molecule has 2 aliphatic rings. The molecule has 2 fully saturated rings. The molecular formula is C19H26FN3O4. The van der Waals surface area contributed by atoms with E-state index in [2.05, 4.69) is 5.32 Å². The number of carbonyl (C=O) groups excluding carboxylic acids is 2. The van der Waals surface area contributed by atoms with Crippen LogP contribution < -0.4 is 10.1 Å². The van der Waals surface area contributed by atoms with Gasteiger partial charge in [-0.25, -0.2) is 9.18 Å². The Bertz CT molecular complexity index is 663. The molecule has 0 saturated carbocycles. The molecule has 2 saturated heterocycles. The molecule has 1 unspecified atom stereocenters. The molecule has 8 heteroatoms. The van der Waals surface area contributed by atoms with Crippen molar-refractivity contribution >= 4 is 17.6 Å². The Hall–Kier alpha value is -2.35. The number of piperidine rings is 1. The number of alkyl halides is 1. The van der Waals surface area contributed by atoms with Crippen LogP contribution in [0.2, 0.25) is 0 Å². The largest absolute Gasteiger partial charge is 0.494 e. The molecule has 0 aromatic heterocycles. The summed E-state index contributed by atoms with van der Waals surface area (Å²) < 4.78 is 26.0. The quantitative estimate of drug-likeness (QED) is 0.871. The molecule has 1 N–H and O–H groups in total. The van der Waals surface area contributed by atoms with E-state index in [1.807, 2.05) is 6.92 Å². The van der Waals surface area contributed by atoms with E-state index in [1.54, 1.807) is 24.3 Å². The average Bonchev–Trinajstić information content (AvgIpc) is 2.70. The van der Waals surface area contributed by atoms with Crippen LogP contribution in [-0.2, 0) is 9.53 Å². The highest BCUT2D eigenvalue weighted by atomic mass is 19.1. The molecule has 2 heterocycles. The van der Waals surface area contributed by atoms with Gasteiger partial charge in [-0.15, -0.1) is 0 Å². The van der Waals surface area contributed by atoms with Crippen LogP contribution in [0.5, 0.6) is 5.75 Å². The minimum atomic E-state index is -2.04. The SMILES string of the molecule is CCOc1ccc(NC(=O)N2CCCC(F)(C(=O)N3CCOCC3)C2)cc1. The second-order valence-corrected chi connectivity index (χ2v) is 6.78. The van der Waals surface area contributed by atoms with Crippen molar-refractivity contribution in [3.05, 3.63) is 24.3 Å². The van der Waals surface area contributed by atoms with Crippen LogP contribution in [0.15, 0.2) is 24.3 Å². The van der Waals surface area contributed by atoms with Crippen molar-refractivity contribution in [1.29, 1.82) is 0 Å². The standard InChI is InChI=1S/C19H26FN3O4/c1-2-27-16-6-4-15(5-7-16)21-18(25)23-9-3-8-19(20,14-23)17(24)22-10-12-26-13-11-22/h4-7H,2-3,8-14H2,1H3,(H,21,25). The zero-order valence-electron chi connectivity index (χ0n) is 15.6. The highest BCUT2D eigenvalue weighted by Crippen LogP contribution is 2.28. The second kappa shape index (κ2) is 8.56. The van der Waals surface area contributed by atoms with E-state index in [-0.39, 0.29) is 13.0 Å². The summed E-state index contributed by atoms with van der Waals surface area (Å²) in [6.07, 6.45) is 0.583. The number of rotatable bonds is 4. The molecule has 0 spiro atoms. The maximum Gasteiger partial charge on any atom is 0.321 e. The van der Waals surface area contributed by atoms with Gasteiger partial charge in [0.1, 0.15) is 5.75 Å². The van der Waals surface area contributed by atoms with Gasteiger partial charge in [-0.2, -0.15) is 0 Å². The summed E-state index contributed by atoms with van der Waals surface area (Å²) >= 11 is 0. The Balaban J connectivity index is 1.60. The first-order chi connectivity index (χ1) is 13.0. The number of hydrogen-bond donors (Lipinski definition) is 1. The first kappa shape index (κ1) is 19.4. The van der Waals surface area contributed by atoms with Crippen LogP contribution >= 0.6 is 0 Å². The lowest BCUT2D eigenvalue weighted by atomic mass is 9.93. The van der Waals surface area contributed by atoms with Crippen molar-refractivity contribution in [3.8, 4) is 5.75 Å². The molecule has 27 heavy (non-hydrogen) atoms. The number of halogens is 1. The van der Waals surface area contributed by atoms with Gasteiger partial charge in [-0.1, -0.05) is 0 Å². The number of morpholine rings is 1. The third-order valence-electron chi connectivity index (χ3n) is 4.83. The van der Waals surface area contributed by atoms with Crippen molar-refractivity contribution in [2.24, 2.45) is 0 Å². The molecule has 1 aromatic carbocycles. The van der Waals surface area contributed by atoms with E-state index in [4.69, 9.17) is 9.47 Å². The number of benzene rings is 1. The van der Waals surface area contributed by atoms with Gasteiger partial charge >= 0.3 is 6.03 Å². The molecule has 148 valence electrons. The fourth-order valence-corrected chi connectivity index (χ4v) is 3.41. The molecule has 3 rings (SSSR count). The molecule has 1 aromatic rings. The van der Waals surface area contributed by atoms with E-state index < -0.39 is 17.6 Å². The number of amides is 3. The van der Waals surface area contributed by atoms with Crippen LogP contribution in [0.1, 0.15) is 19.8 Å². The number of nitrogens with one attached hydrogen (secondary N) is 1. The summed E-state index contributed by atoms with van der Waals surface area (Å²) in [4.78, 5) is 28.0. The van der Waals surface area contributed by atoms with Gasteiger partial charge in [-0.05, 0) is 44.0 Å². The van der Waals surface area contributed by atoms with Gasteiger partial charge in [-0.3, -0.25) is 4.79 Å². The molecule has 0 radical (unpaired) electrons. The van der Waals surface area contributed by atoms with Crippen LogP contribution in [0.3, 0.4) is 0 Å². The van der Waals surface area contributed by atoms with Crippen molar-refractivity contribution in [2.75, 3.05) is 51.3 Å². The predicted molar refractivity (Wildman–Crippen MR) is 98.7 cm³/mol. The average molecular weight is 379 g/mol. The van der Waals surface area contributed by atoms with E-state index in [1.165, 1.54) is 9.80 Å². The Morgan fingerprint density at radius 2 is 1.89 bits per heavy atom. The predicted octanol–water partition coefficient (Wildman–Crippen LogP) is 2.28. The molecule has 1 atom stereocenters. The number of anilines is 1. The smallest absolute Gasteiger partial charge is 0.321 e. The number of likely N-dealkylation sites (tertiary alicyclic amines) is 1. The van der Waals surface area contributed by atoms with Gasteiger partial charge in [0.15, 0.2) is 0 Å². The highest BCUT2D eigenvalue weighted by Gasteiger charge is 2.46. The number of urea groups is 1. The first-order valence-corrected chi connectivity index (χ1v) is 9.37. The number of ether oxygens (including phenoxy) is 2. The zero-order valence-corrected chi connectivity index (χ0v) is 15.6. The monoisotopic (exact) mass is 379 g/mol. The molecule has 0 bridgehead atoms. The summed E-state index contributed by atoms with van der Waals surface area (Å²) in [6, 6.07) is 6.58. The third kappa shape index (κ3) is 4.68. The maximum absolute atomic E-state index is 15.4. The van der Waals surface area contributed by atoms with Crippen molar-refractivity contribution < 1.29 is 23.5 Å². The van der Waals surface area contributed by atoms with E-state index in [0.29, 0.717) is 57.3 Å². The number of carbonyl (C=O) groups is 2. The second-order valence-electron chi connectivity index (χ2n) is 6.78. The van der Waals surface area contributed by atoms with Gasteiger partial charge in [0.25, 0.3) is 5.91 Å². The third-order valence-corrected chi connectivity index (χ3v) is 4.83. The zero-order chi connectivity index (χ0) is 19.3. The van der Waals surface area contributed by atoms with Crippen LogP contribution in [0, 0.1) is 0 Å². The summed E-state index contributed by atoms with van der Waals surface area (Å²) in [6.45, 7) is 4.28. The Kier molecular flexibility index (Phi) is 6.15. The van der Waals surface area contributed by atoms with Gasteiger partial charge in [0.2, 0.25) is 5.67 Å².